The Morgan fingerprint density at radius 3 is 2.81 bits per heavy atom. The van der Waals surface area contributed by atoms with Crippen LogP contribution in [0.1, 0.15) is 50.4 Å². The normalized spacial score (nSPS) is 25.4. The summed E-state index contributed by atoms with van der Waals surface area (Å²) < 4.78 is 0. The predicted octanol–water partition coefficient (Wildman–Crippen LogP) is 3.26. The average molecular weight is 289 g/mol. The van der Waals surface area contributed by atoms with Crippen molar-refractivity contribution >= 4 is 17.3 Å². The standard InChI is InChI=1S/C17H27N3O/c1-4-19-17(21)14-9-8-13(18)10-16(14)20-15-7-5-6-11(2)12(15)3/h8-12,15,20H,4-7,18H2,1-3H3,(H,19,21). The second kappa shape index (κ2) is 6.83. The van der Waals surface area contributed by atoms with Crippen molar-refractivity contribution in [1.29, 1.82) is 0 Å². The van der Waals surface area contributed by atoms with Gasteiger partial charge in [-0.3, -0.25) is 4.79 Å². The molecule has 1 aromatic rings. The first-order chi connectivity index (χ1) is 10.0. The van der Waals surface area contributed by atoms with Crippen molar-refractivity contribution < 1.29 is 4.79 Å². The molecular formula is C17H27N3O. The highest BCUT2D eigenvalue weighted by molar-refractivity contribution is 6.00. The largest absolute Gasteiger partial charge is 0.399 e. The summed E-state index contributed by atoms with van der Waals surface area (Å²) in [7, 11) is 0. The van der Waals surface area contributed by atoms with Crippen molar-refractivity contribution in [2.24, 2.45) is 11.8 Å². The SMILES string of the molecule is CCNC(=O)c1ccc(N)cc1NC1CCCC(C)C1C. The van der Waals surface area contributed by atoms with Gasteiger partial charge in [0.25, 0.3) is 5.91 Å². The number of carbonyl (C=O) groups excluding carboxylic acids is 1. The maximum Gasteiger partial charge on any atom is 0.253 e. The Kier molecular flexibility index (Phi) is 5.10. The van der Waals surface area contributed by atoms with E-state index in [1.807, 2.05) is 13.0 Å². The van der Waals surface area contributed by atoms with E-state index in [0.29, 0.717) is 35.7 Å². The summed E-state index contributed by atoms with van der Waals surface area (Å²) in [5.41, 5.74) is 8.11. The molecule has 3 unspecified atom stereocenters. The number of carbonyl (C=O) groups is 1. The van der Waals surface area contributed by atoms with Crippen LogP contribution in [0.4, 0.5) is 11.4 Å². The Labute approximate surface area is 127 Å². The summed E-state index contributed by atoms with van der Waals surface area (Å²) in [5, 5.41) is 6.43. The molecule has 3 atom stereocenters. The van der Waals surface area contributed by atoms with Gasteiger partial charge in [0.1, 0.15) is 0 Å². The molecule has 21 heavy (non-hydrogen) atoms. The Balaban J connectivity index is 2.21. The number of rotatable bonds is 4. The maximum absolute atomic E-state index is 12.2. The molecule has 0 bridgehead atoms. The summed E-state index contributed by atoms with van der Waals surface area (Å²) in [6.45, 7) is 7.15. The van der Waals surface area contributed by atoms with E-state index in [1.165, 1.54) is 12.8 Å². The van der Waals surface area contributed by atoms with Crippen LogP contribution >= 0.6 is 0 Å². The van der Waals surface area contributed by atoms with Gasteiger partial charge in [-0.25, -0.2) is 0 Å². The first kappa shape index (κ1) is 15.7. The van der Waals surface area contributed by atoms with Gasteiger partial charge in [-0.2, -0.15) is 0 Å². The molecule has 0 radical (unpaired) electrons. The predicted molar refractivity (Wildman–Crippen MR) is 88.5 cm³/mol. The quantitative estimate of drug-likeness (QED) is 0.745. The third kappa shape index (κ3) is 3.69. The van der Waals surface area contributed by atoms with Gasteiger partial charge in [-0.05, 0) is 43.4 Å². The van der Waals surface area contributed by atoms with Crippen LogP contribution in [0.3, 0.4) is 0 Å². The molecule has 0 spiro atoms. The van der Waals surface area contributed by atoms with Crippen LogP contribution in [0.25, 0.3) is 0 Å². The number of benzene rings is 1. The summed E-state index contributed by atoms with van der Waals surface area (Å²) in [6, 6.07) is 5.86. The van der Waals surface area contributed by atoms with E-state index < -0.39 is 0 Å². The molecular weight excluding hydrogens is 262 g/mol. The molecule has 0 heterocycles. The molecule has 0 saturated heterocycles. The molecule has 1 aliphatic carbocycles. The molecule has 4 heteroatoms. The lowest BCUT2D eigenvalue weighted by atomic mass is 9.78. The first-order valence-corrected chi connectivity index (χ1v) is 7.97. The third-order valence-corrected chi connectivity index (χ3v) is 4.67. The van der Waals surface area contributed by atoms with E-state index in [4.69, 9.17) is 5.73 Å². The van der Waals surface area contributed by atoms with Crippen molar-refractivity contribution in [1.82, 2.24) is 5.32 Å². The van der Waals surface area contributed by atoms with Gasteiger partial charge in [0, 0.05) is 24.0 Å². The minimum Gasteiger partial charge on any atom is -0.399 e. The van der Waals surface area contributed by atoms with Crippen LogP contribution in [0.2, 0.25) is 0 Å². The van der Waals surface area contributed by atoms with Crippen molar-refractivity contribution in [3.8, 4) is 0 Å². The molecule has 1 aliphatic rings. The lowest BCUT2D eigenvalue weighted by molar-refractivity contribution is 0.0956. The highest BCUT2D eigenvalue weighted by atomic mass is 16.1. The number of nitrogen functional groups attached to an aromatic ring is 1. The fourth-order valence-electron chi connectivity index (χ4n) is 3.12. The molecule has 0 aliphatic heterocycles. The molecule has 1 saturated carbocycles. The minimum absolute atomic E-state index is 0.0449. The summed E-state index contributed by atoms with van der Waals surface area (Å²) in [5.74, 6) is 1.27. The van der Waals surface area contributed by atoms with Crippen LogP contribution in [-0.2, 0) is 0 Å². The smallest absolute Gasteiger partial charge is 0.253 e. The first-order valence-electron chi connectivity index (χ1n) is 7.97. The number of hydrogen-bond acceptors (Lipinski definition) is 3. The second-order valence-corrected chi connectivity index (χ2v) is 6.18. The zero-order valence-corrected chi connectivity index (χ0v) is 13.3. The molecule has 1 amide bonds. The van der Waals surface area contributed by atoms with E-state index in [1.54, 1.807) is 12.1 Å². The summed E-state index contributed by atoms with van der Waals surface area (Å²) >= 11 is 0. The lowest BCUT2D eigenvalue weighted by Crippen LogP contribution is -2.36. The number of anilines is 2. The van der Waals surface area contributed by atoms with Crippen LogP contribution < -0.4 is 16.4 Å². The van der Waals surface area contributed by atoms with Gasteiger partial charge in [-0.1, -0.05) is 26.7 Å². The Hall–Kier alpha value is -1.71. The summed E-state index contributed by atoms with van der Waals surface area (Å²) in [4.78, 5) is 12.2. The van der Waals surface area contributed by atoms with Crippen molar-refractivity contribution in [3.63, 3.8) is 0 Å². The number of nitrogens with two attached hydrogens (primary N) is 1. The topological polar surface area (TPSA) is 67.2 Å². The zero-order valence-electron chi connectivity index (χ0n) is 13.3. The molecule has 1 fully saturated rings. The Bertz CT molecular complexity index is 501. The maximum atomic E-state index is 12.2. The monoisotopic (exact) mass is 289 g/mol. The van der Waals surface area contributed by atoms with Crippen molar-refractivity contribution in [2.45, 2.75) is 46.1 Å². The minimum atomic E-state index is -0.0449. The van der Waals surface area contributed by atoms with Gasteiger partial charge < -0.3 is 16.4 Å². The van der Waals surface area contributed by atoms with E-state index in [2.05, 4.69) is 24.5 Å². The van der Waals surface area contributed by atoms with E-state index in [-0.39, 0.29) is 5.91 Å². The molecule has 4 nitrogen and oxygen atoms in total. The van der Waals surface area contributed by atoms with Crippen molar-refractivity contribution in [2.75, 3.05) is 17.6 Å². The second-order valence-electron chi connectivity index (χ2n) is 6.18. The van der Waals surface area contributed by atoms with Crippen molar-refractivity contribution in [3.05, 3.63) is 23.8 Å². The van der Waals surface area contributed by atoms with E-state index in [9.17, 15) is 4.79 Å². The third-order valence-electron chi connectivity index (χ3n) is 4.67. The Morgan fingerprint density at radius 2 is 2.10 bits per heavy atom. The van der Waals surface area contributed by atoms with Gasteiger partial charge in [0.05, 0.1) is 5.56 Å². The molecule has 1 aromatic carbocycles. The number of hydrogen-bond donors (Lipinski definition) is 3. The number of amides is 1. The molecule has 0 aromatic heterocycles. The number of nitrogens with one attached hydrogen (secondary N) is 2. The van der Waals surface area contributed by atoms with Gasteiger partial charge in [0.15, 0.2) is 0 Å². The highest BCUT2D eigenvalue weighted by Gasteiger charge is 2.27. The highest BCUT2D eigenvalue weighted by Crippen LogP contribution is 2.32. The zero-order chi connectivity index (χ0) is 15.4. The fraction of sp³-hybridized carbons (Fsp3) is 0.588. The van der Waals surface area contributed by atoms with Crippen LogP contribution in [0.15, 0.2) is 18.2 Å². The van der Waals surface area contributed by atoms with E-state index >= 15 is 0 Å². The lowest BCUT2D eigenvalue weighted by Gasteiger charge is -2.35. The molecule has 4 N–H and O–H groups in total. The Morgan fingerprint density at radius 1 is 1.33 bits per heavy atom. The summed E-state index contributed by atoms with van der Waals surface area (Å²) in [6.07, 6.45) is 3.68. The van der Waals surface area contributed by atoms with Gasteiger partial charge >= 0.3 is 0 Å². The average Bonchev–Trinajstić information content (AvgIpc) is 2.44. The van der Waals surface area contributed by atoms with Crippen LogP contribution in [0, 0.1) is 11.8 Å². The van der Waals surface area contributed by atoms with Crippen LogP contribution in [0.5, 0.6) is 0 Å². The van der Waals surface area contributed by atoms with Gasteiger partial charge in [0.2, 0.25) is 0 Å². The molecule has 116 valence electrons. The van der Waals surface area contributed by atoms with Gasteiger partial charge in [-0.15, -0.1) is 0 Å². The fourth-order valence-corrected chi connectivity index (χ4v) is 3.12. The van der Waals surface area contributed by atoms with E-state index in [0.717, 1.165) is 12.1 Å². The molecule has 2 rings (SSSR count). The van der Waals surface area contributed by atoms with Crippen LogP contribution in [-0.4, -0.2) is 18.5 Å².